The van der Waals surface area contributed by atoms with Crippen LogP contribution >= 0.6 is 0 Å². The summed E-state index contributed by atoms with van der Waals surface area (Å²) in [6.07, 6.45) is 7.09. The Bertz CT molecular complexity index is 290. The van der Waals surface area contributed by atoms with Crippen LogP contribution in [0.25, 0.3) is 0 Å². The van der Waals surface area contributed by atoms with Gasteiger partial charge in [-0.15, -0.1) is 0 Å². The molecular formula is C15H27NO2. The first-order chi connectivity index (χ1) is 8.60. The maximum Gasteiger partial charge on any atom is 0.220 e. The number of amides is 1. The number of nitrogens with one attached hydrogen (secondary N) is 1. The second-order valence-electron chi connectivity index (χ2n) is 6.31. The maximum atomic E-state index is 12.0. The van der Waals surface area contributed by atoms with Gasteiger partial charge in [0.05, 0.1) is 12.2 Å². The van der Waals surface area contributed by atoms with Crippen LogP contribution in [0.15, 0.2) is 0 Å². The van der Waals surface area contributed by atoms with Gasteiger partial charge in [-0.25, -0.2) is 0 Å². The fourth-order valence-corrected chi connectivity index (χ4v) is 3.41. The van der Waals surface area contributed by atoms with Crippen molar-refractivity contribution in [3.8, 4) is 0 Å². The molecule has 2 fully saturated rings. The van der Waals surface area contributed by atoms with E-state index in [4.69, 9.17) is 4.74 Å². The minimum absolute atomic E-state index is 0.220. The molecule has 0 aromatic rings. The number of ether oxygens (including phenoxy) is 1. The molecule has 1 saturated carbocycles. The lowest BCUT2D eigenvalue weighted by Crippen LogP contribution is -2.50. The molecule has 0 aromatic heterocycles. The van der Waals surface area contributed by atoms with Crippen LogP contribution in [0.3, 0.4) is 0 Å². The largest absolute Gasteiger partial charge is 0.375 e. The van der Waals surface area contributed by atoms with Gasteiger partial charge < -0.3 is 10.1 Å². The fourth-order valence-electron chi connectivity index (χ4n) is 3.41. The Hall–Kier alpha value is -0.570. The van der Waals surface area contributed by atoms with E-state index in [0.717, 1.165) is 12.8 Å². The van der Waals surface area contributed by atoms with Crippen LogP contribution in [0.2, 0.25) is 0 Å². The molecule has 104 valence electrons. The van der Waals surface area contributed by atoms with Crippen LogP contribution in [0, 0.1) is 11.8 Å². The predicted molar refractivity (Wildman–Crippen MR) is 72.3 cm³/mol. The molecule has 18 heavy (non-hydrogen) atoms. The molecule has 2 aliphatic rings. The Morgan fingerprint density at radius 1 is 1.39 bits per heavy atom. The summed E-state index contributed by atoms with van der Waals surface area (Å²) in [5.41, 5.74) is 0. The van der Waals surface area contributed by atoms with Crippen LogP contribution in [0.4, 0.5) is 0 Å². The van der Waals surface area contributed by atoms with E-state index >= 15 is 0 Å². The number of hydrogen-bond donors (Lipinski definition) is 1. The molecule has 1 aliphatic heterocycles. The topological polar surface area (TPSA) is 38.3 Å². The van der Waals surface area contributed by atoms with Gasteiger partial charge in [0.2, 0.25) is 5.91 Å². The molecule has 1 aliphatic carbocycles. The highest BCUT2D eigenvalue weighted by atomic mass is 16.5. The van der Waals surface area contributed by atoms with Crippen molar-refractivity contribution < 1.29 is 9.53 Å². The SMILES string of the molecule is CC[C@H]1C[C@@H](NC(=O)CC(C)C)[C@@H]2CCC[C@H]2O1. The molecule has 1 saturated heterocycles. The van der Waals surface area contributed by atoms with E-state index in [2.05, 4.69) is 26.1 Å². The van der Waals surface area contributed by atoms with E-state index in [0.29, 0.717) is 36.5 Å². The Balaban J connectivity index is 1.94. The molecule has 1 amide bonds. The average molecular weight is 253 g/mol. The minimum Gasteiger partial charge on any atom is -0.375 e. The van der Waals surface area contributed by atoms with Gasteiger partial charge in [0.15, 0.2) is 0 Å². The lowest BCUT2D eigenvalue weighted by atomic mass is 9.87. The summed E-state index contributed by atoms with van der Waals surface area (Å²) in [6, 6.07) is 0.349. The number of carbonyl (C=O) groups excluding carboxylic acids is 1. The highest BCUT2D eigenvalue weighted by Crippen LogP contribution is 2.38. The number of fused-ring (bicyclic) bond motifs is 1. The zero-order chi connectivity index (χ0) is 13.1. The fraction of sp³-hybridized carbons (Fsp3) is 0.933. The first-order valence-electron chi connectivity index (χ1n) is 7.55. The van der Waals surface area contributed by atoms with Crippen molar-refractivity contribution in [1.29, 1.82) is 0 Å². The summed E-state index contributed by atoms with van der Waals surface area (Å²) in [7, 11) is 0. The second kappa shape index (κ2) is 6.05. The van der Waals surface area contributed by atoms with Crippen LogP contribution < -0.4 is 5.32 Å². The van der Waals surface area contributed by atoms with Crippen molar-refractivity contribution in [3.05, 3.63) is 0 Å². The summed E-state index contributed by atoms with van der Waals surface area (Å²) in [6.45, 7) is 6.36. The van der Waals surface area contributed by atoms with E-state index in [1.54, 1.807) is 0 Å². The summed E-state index contributed by atoms with van der Waals surface area (Å²) < 4.78 is 6.10. The van der Waals surface area contributed by atoms with Crippen molar-refractivity contribution >= 4 is 5.91 Å². The lowest BCUT2D eigenvalue weighted by molar-refractivity contribution is -0.127. The quantitative estimate of drug-likeness (QED) is 0.836. The van der Waals surface area contributed by atoms with Crippen molar-refractivity contribution in [3.63, 3.8) is 0 Å². The monoisotopic (exact) mass is 253 g/mol. The third-order valence-corrected chi connectivity index (χ3v) is 4.30. The third-order valence-electron chi connectivity index (χ3n) is 4.30. The molecule has 0 radical (unpaired) electrons. The highest BCUT2D eigenvalue weighted by molar-refractivity contribution is 5.76. The summed E-state index contributed by atoms with van der Waals surface area (Å²) in [5.74, 6) is 1.22. The molecule has 2 rings (SSSR count). The average Bonchev–Trinajstić information content (AvgIpc) is 2.75. The molecule has 3 nitrogen and oxygen atoms in total. The molecule has 0 spiro atoms. The van der Waals surface area contributed by atoms with E-state index in [-0.39, 0.29) is 5.91 Å². The predicted octanol–water partition coefficient (Wildman–Crippen LogP) is 2.88. The number of carbonyl (C=O) groups is 1. The van der Waals surface area contributed by atoms with Crippen molar-refractivity contribution in [1.82, 2.24) is 5.32 Å². The molecule has 3 heteroatoms. The third kappa shape index (κ3) is 3.25. The smallest absolute Gasteiger partial charge is 0.220 e. The minimum atomic E-state index is 0.220. The van der Waals surface area contributed by atoms with Gasteiger partial charge in [-0.3, -0.25) is 4.79 Å². The zero-order valence-corrected chi connectivity index (χ0v) is 11.9. The van der Waals surface area contributed by atoms with Gasteiger partial charge in [-0.05, 0) is 31.6 Å². The van der Waals surface area contributed by atoms with Gasteiger partial charge >= 0.3 is 0 Å². The van der Waals surface area contributed by atoms with Gasteiger partial charge in [0.1, 0.15) is 0 Å². The second-order valence-corrected chi connectivity index (χ2v) is 6.31. The van der Waals surface area contributed by atoms with Gasteiger partial charge in [0.25, 0.3) is 0 Å². The molecule has 0 bridgehead atoms. The molecule has 0 aromatic carbocycles. The number of rotatable bonds is 4. The molecular weight excluding hydrogens is 226 g/mol. The van der Waals surface area contributed by atoms with Gasteiger partial charge in [-0.2, -0.15) is 0 Å². The van der Waals surface area contributed by atoms with Crippen LogP contribution in [-0.2, 0) is 9.53 Å². The van der Waals surface area contributed by atoms with E-state index in [1.807, 2.05) is 0 Å². The van der Waals surface area contributed by atoms with Crippen molar-refractivity contribution in [2.24, 2.45) is 11.8 Å². The Morgan fingerprint density at radius 2 is 2.17 bits per heavy atom. The van der Waals surface area contributed by atoms with Gasteiger partial charge in [0, 0.05) is 18.4 Å². The normalized spacial score (nSPS) is 35.6. The van der Waals surface area contributed by atoms with Crippen molar-refractivity contribution in [2.75, 3.05) is 0 Å². The molecule has 1 heterocycles. The first-order valence-corrected chi connectivity index (χ1v) is 7.55. The van der Waals surface area contributed by atoms with E-state index in [1.165, 1.54) is 19.3 Å². The standard InChI is InChI=1S/C15H27NO2/c1-4-11-9-13(16-15(17)8-10(2)3)12-6-5-7-14(12)18-11/h10-14H,4-9H2,1-3H3,(H,16,17)/t11-,12-,13+,14+/m0/s1. The summed E-state index contributed by atoms with van der Waals surface area (Å²) in [4.78, 5) is 12.0. The van der Waals surface area contributed by atoms with Crippen LogP contribution in [0.5, 0.6) is 0 Å². The van der Waals surface area contributed by atoms with Crippen LogP contribution in [-0.4, -0.2) is 24.2 Å². The van der Waals surface area contributed by atoms with E-state index < -0.39 is 0 Å². The van der Waals surface area contributed by atoms with Crippen molar-refractivity contribution in [2.45, 2.75) is 77.5 Å². The molecule has 0 unspecified atom stereocenters. The first kappa shape index (κ1) is 13.9. The lowest BCUT2D eigenvalue weighted by Gasteiger charge is -2.39. The Labute approximate surface area is 111 Å². The molecule has 4 atom stereocenters. The zero-order valence-electron chi connectivity index (χ0n) is 11.9. The summed E-state index contributed by atoms with van der Waals surface area (Å²) >= 11 is 0. The Morgan fingerprint density at radius 3 is 2.83 bits per heavy atom. The summed E-state index contributed by atoms with van der Waals surface area (Å²) in [5, 5.41) is 3.27. The van der Waals surface area contributed by atoms with Crippen LogP contribution in [0.1, 0.15) is 59.3 Å². The Kier molecular flexibility index (Phi) is 4.66. The van der Waals surface area contributed by atoms with Gasteiger partial charge in [-0.1, -0.05) is 27.2 Å². The highest BCUT2D eigenvalue weighted by Gasteiger charge is 2.41. The number of hydrogen-bond acceptors (Lipinski definition) is 2. The van der Waals surface area contributed by atoms with E-state index in [9.17, 15) is 4.79 Å². The molecule has 1 N–H and O–H groups in total. The maximum absolute atomic E-state index is 12.0.